The van der Waals surface area contributed by atoms with Crippen molar-refractivity contribution in [2.45, 2.75) is 45.7 Å². The van der Waals surface area contributed by atoms with Crippen LogP contribution in [0.2, 0.25) is 0 Å². The Morgan fingerprint density at radius 3 is 1.86 bits per heavy atom. The lowest BCUT2D eigenvalue weighted by atomic mass is 9.62. The highest BCUT2D eigenvalue weighted by atomic mass is 79.9. The van der Waals surface area contributed by atoms with Gasteiger partial charge in [-0.3, -0.25) is 0 Å². The van der Waals surface area contributed by atoms with Crippen LogP contribution in [0.15, 0.2) is 52.0 Å². The fraction of sp³-hybridized carbons (Fsp3) is 0.333. The maximum atomic E-state index is 13.6. The second-order valence-electron chi connectivity index (χ2n) is 8.51. The van der Waals surface area contributed by atoms with Crippen LogP contribution >= 0.6 is 15.9 Å². The number of hydrogen-bond acceptors (Lipinski definition) is 0. The Morgan fingerprint density at radius 2 is 1.29 bits per heavy atom. The number of hydrogen-bond donors (Lipinski definition) is 0. The zero-order valence-corrected chi connectivity index (χ0v) is 17.9. The van der Waals surface area contributed by atoms with Gasteiger partial charge >= 0.3 is 6.18 Å². The molecule has 0 saturated heterocycles. The molecule has 0 aliphatic heterocycles. The van der Waals surface area contributed by atoms with Crippen LogP contribution in [0, 0.1) is 5.41 Å². The summed E-state index contributed by atoms with van der Waals surface area (Å²) in [4.78, 5) is 0. The van der Waals surface area contributed by atoms with Crippen LogP contribution in [0.4, 0.5) is 13.2 Å². The minimum Gasteiger partial charge on any atom is -0.166 e. The smallest absolute Gasteiger partial charge is 0.166 e. The molecule has 4 heteroatoms. The highest BCUT2D eigenvalue weighted by Gasteiger charge is 2.46. The van der Waals surface area contributed by atoms with Gasteiger partial charge in [-0.25, -0.2) is 0 Å². The molecule has 2 unspecified atom stereocenters. The third kappa shape index (κ3) is 2.80. The second-order valence-corrected chi connectivity index (χ2v) is 9.37. The predicted molar refractivity (Wildman–Crippen MR) is 112 cm³/mol. The van der Waals surface area contributed by atoms with Crippen molar-refractivity contribution in [2.24, 2.45) is 5.41 Å². The average molecular weight is 447 g/mol. The van der Waals surface area contributed by atoms with Crippen molar-refractivity contribution in [2.75, 3.05) is 0 Å². The average Bonchev–Trinajstić information content (AvgIpc) is 3.10. The predicted octanol–water partition coefficient (Wildman–Crippen LogP) is 8.20. The number of rotatable bonds is 2. The summed E-state index contributed by atoms with van der Waals surface area (Å²) < 4.78 is 41.7. The van der Waals surface area contributed by atoms with Crippen LogP contribution in [0.5, 0.6) is 0 Å². The summed E-state index contributed by atoms with van der Waals surface area (Å²) >= 11 is 3.64. The molecule has 0 nitrogen and oxygen atoms in total. The lowest BCUT2D eigenvalue weighted by Crippen LogP contribution is -2.30. The van der Waals surface area contributed by atoms with Crippen molar-refractivity contribution in [3.63, 3.8) is 0 Å². The van der Waals surface area contributed by atoms with Gasteiger partial charge in [-0.1, -0.05) is 77.3 Å². The minimum absolute atomic E-state index is 0.0666. The summed E-state index contributed by atoms with van der Waals surface area (Å²) in [6.45, 7) is 8.45. The van der Waals surface area contributed by atoms with Crippen molar-refractivity contribution < 1.29 is 13.2 Å². The Labute approximate surface area is 172 Å². The molecule has 0 radical (unpaired) electrons. The lowest BCUT2D eigenvalue weighted by molar-refractivity contribution is -0.137. The molecule has 2 aromatic carbocycles. The molecular weight excluding hydrogens is 425 g/mol. The van der Waals surface area contributed by atoms with Crippen molar-refractivity contribution >= 4 is 28.1 Å². The van der Waals surface area contributed by atoms with Crippen LogP contribution < -0.4 is 0 Å². The third-order valence-electron chi connectivity index (χ3n) is 6.30. The molecule has 4 rings (SSSR count). The highest BCUT2D eigenvalue weighted by molar-refractivity contribution is 9.10. The SMILES string of the molecule is CC1=Cc2c(Br)cccc2C1C(C)(C)C1C(C)=Cc2c1cccc2C(F)(F)F. The fourth-order valence-electron chi connectivity index (χ4n) is 5.46. The van der Waals surface area contributed by atoms with Gasteiger partial charge in [0.1, 0.15) is 0 Å². The molecule has 2 aliphatic carbocycles. The standard InChI is InChI=1S/C24H22BrF3/c1-13-11-17-15(7-5-9-19(17)24(26,27)28)21(13)23(3,4)22-14(2)12-18-16(22)8-6-10-20(18)25/h5-12,21-22H,1-4H3. The summed E-state index contributed by atoms with van der Waals surface area (Å²) in [5, 5.41) is 0. The van der Waals surface area contributed by atoms with E-state index in [4.69, 9.17) is 0 Å². The Hall–Kier alpha value is -1.81. The number of allylic oxidation sites excluding steroid dienone is 2. The first-order valence-electron chi connectivity index (χ1n) is 9.38. The van der Waals surface area contributed by atoms with Crippen LogP contribution in [0.25, 0.3) is 12.2 Å². The van der Waals surface area contributed by atoms with Gasteiger partial charge in [0.15, 0.2) is 0 Å². The summed E-state index contributed by atoms with van der Waals surface area (Å²) in [5.41, 5.74) is 4.97. The molecule has 0 saturated carbocycles. The molecule has 2 aromatic rings. The monoisotopic (exact) mass is 446 g/mol. The van der Waals surface area contributed by atoms with Gasteiger partial charge in [-0.15, -0.1) is 0 Å². The van der Waals surface area contributed by atoms with Gasteiger partial charge in [0.05, 0.1) is 5.56 Å². The van der Waals surface area contributed by atoms with E-state index in [1.165, 1.54) is 22.8 Å². The number of benzene rings is 2. The molecule has 0 fully saturated rings. The molecule has 0 N–H and O–H groups in total. The Morgan fingerprint density at radius 1 is 0.786 bits per heavy atom. The Balaban J connectivity index is 1.85. The number of alkyl halides is 3. The van der Waals surface area contributed by atoms with E-state index in [9.17, 15) is 13.2 Å². The topological polar surface area (TPSA) is 0 Å². The van der Waals surface area contributed by atoms with E-state index in [0.29, 0.717) is 5.56 Å². The zero-order valence-electron chi connectivity index (χ0n) is 16.3. The second kappa shape index (κ2) is 6.35. The summed E-state index contributed by atoms with van der Waals surface area (Å²) in [6, 6.07) is 10.8. The van der Waals surface area contributed by atoms with Gasteiger partial charge < -0.3 is 0 Å². The fourth-order valence-corrected chi connectivity index (χ4v) is 5.95. The third-order valence-corrected chi connectivity index (χ3v) is 6.99. The first-order valence-corrected chi connectivity index (χ1v) is 10.2. The van der Waals surface area contributed by atoms with Crippen LogP contribution in [-0.4, -0.2) is 0 Å². The Bertz CT molecular complexity index is 1020. The van der Waals surface area contributed by atoms with Gasteiger partial charge in [0, 0.05) is 16.3 Å². The molecule has 2 aliphatic rings. The van der Waals surface area contributed by atoms with E-state index in [1.54, 1.807) is 12.1 Å². The van der Waals surface area contributed by atoms with E-state index in [-0.39, 0.29) is 17.3 Å². The molecule has 0 heterocycles. The maximum Gasteiger partial charge on any atom is 0.416 e. The van der Waals surface area contributed by atoms with E-state index in [1.807, 2.05) is 25.1 Å². The number of fused-ring (bicyclic) bond motifs is 2. The highest BCUT2D eigenvalue weighted by Crippen LogP contribution is 2.59. The van der Waals surface area contributed by atoms with Gasteiger partial charge in [0.2, 0.25) is 0 Å². The molecule has 0 bridgehead atoms. The summed E-state index contributed by atoms with van der Waals surface area (Å²) in [7, 11) is 0. The molecule has 0 aromatic heterocycles. The maximum absolute atomic E-state index is 13.6. The van der Waals surface area contributed by atoms with E-state index >= 15 is 0 Å². The van der Waals surface area contributed by atoms with Gasteiger partial charge in [0.25, 0.3) is 0 Å². The van der Waals surface area contributed by atoms with Crippen molar-refractivity contribution in [1.29, 1.82) is 0 Å². The minimum atomic E-state index is -4.35. The molecule has 146 valence electrons. The largest absolute Gasteiger partial charge is 0.416 e. The van der Waals surface area contributed by atoms with Gasteiger partial charge in [-0.2, -0.15) is 13.2 Å². The molecule has 0 spiro atoms. The molecule has 2 atom stereocenters. The van der Waals surface area contributed by atoms with Gasteiger partial charge in [-0.05, 0) is 53.6 Å². The van der Waals surface area contributed by atoms with Crippen molar-refractivity contribution in [3.05, 3.63) is 79.8 Å². The van der Waals surface area contributed by atoms with E-state index < -0.39 is 11.7 Å². The molecule has 28 heavy (non-hydrogen) atoms. The quantitative estimate of drug-likeness (QED) is 0.435. The van der Waals surface area contributed by atoms with Crippen LogP contribution in [0.1, 0.15) is 67.3 Å². The van der Waals surface area contributed by atoms with Crippen molar-refractivity contribution in [1.82, 2.24) is 0 Å². The first kappa shape index (κ1) is 19.5. The van der Waals surface area contributed by atoms with Crippen LogP contribution in [0.3, 0.4) is 0 Å². The number of halogens is 4. The normalized spacial score (nSPS) is 21.3. The Kier molecular flexibility index (Phi) is 4.42. The first-order chi connectivity index (χ1) is 13.0. The van der Waals surface area contributed by atoms with E-state index in [2.05, 4.69) is 48.8 Å². The summed E-state index contributed by atoms with van der Waals surface area (Å²) in [5.74, 6) is 0.0805. The summed E-state index contributed by atoms with van der Waals surface area (Å²) in [6.07, 6.45) is -0.408. The van der Waals surface area contributed by atoms with Crippen molar-refractivity contribution in [3.8, 4) is 0 Å². The zero-order chi connectivity index (χ0) is 20.4. The molecule has 0 amide bonds. The lowest BCUT2D eigenvalue weighted by Gasteiger charge is -2.41. The van der Waals surface area contributed by atoms with E-state index in [0.717, 1.165) is 15.6 Å². The molecular formula is C24H22BrF3. The van der Waals surface area contributed by atoms with Crippen LogP contribution in [-0.2, 0) is 6.18 Å².